The summed E-state index contributed by atoms with van der Waals surface area (Å²) in [5.74, 6) is 0.847. The molecule has 0 unspecified atom stereocenters. The Morgan fingerprint density at radius 2 is 2.00 bits per heavy atom. The molecule has 6 heteroatoms. The summed E-state index contributed by atoms with van der Waals surface area (Å²) in [7, 11) is 1.75. The highest BCUT2D eigenvalue weighted by Crippen LogP contribution is 2.16. The predicted molar refractivity (Wildman–Crippen MR) is 96.8 cm³/mol. The molecule has 22 heavy (non-hydrogen) atoms. The molecule has 0 radical (unpaired) electrons. The molecule has 0 bridgehead atoms. The number of aliphatic imine (C=N–C) groups is 1. The average molecular weight is 423 g/mol. The lowest BCUT2D eigenvalue weighted by molar-refractivity contribution is 0.273. The smallest absolute Gasteiger partial charge is 0.193 e. The summed E-state index contributed by atoms with van der Waals surface area (Å²) in [6.07, 6.45) is 2.77. The minimum atomic E-state index is -0.402. The SMILES string of the molecule is CN=C(NCCc1cc(F)ccc1F)N1CCC(C)CC1.I. The maximum atomic E-state index is 13.5. The number of nitrogens with one attached hydrogen (secondary N) is 1. The molecule has 1 aromatic carbocycles. The van der Waals surface area contributed by atoms with Gasteiger partial charge < -0.3 is 10.2 Å². The van der Waals surface area contributed by atoms with Crippen LogP contribution in [0.4, 0.5) is 8.78 Å². The fourth-order valence-corrected chi connectivity index (χ4v) is 2.60. The third-order valence-electron chi connectivity index (χ3n) is 3.98. The summed E-state index contributed by atoms with van der Waals surface area (Å²) < 4.78 is 26.6. The van der Waals surface area contributed by atoms with Gasteiger partial charge in [0, 0.05) is 26.7 Å². The maximum Gasteiger partial charge on any atom is 0.193 e. The second kappa shape index (κ2) is 9.27. The van der Waals surface area contributed by atoms with Gasteiger partial charge in [0.2, 0.25) is 0 Å². The van der Waals surface area contributed by atoms with E-state index in [0.717, 1.165) is 31.0 Å². The van der Waals surface area contributed by atoms with Crippen molar-refractivity contribution in [1.82, 2.24) is 10.2 Å². The Labute approximate surface area is 148 Å². The monoisotopic (exact) mass is 423 g/mol. The first-order chi connectivity index (χ1) is 10.1. The van der Waals surface area contributed by atoms with Crippen LogP contribution in [-0.4, -0.2) is 37.5 Å². The Hall–Kier alpha value is -0.920. The van der Waals surface area contributed by atoms with E-state index < -0.39 is 5.82 Å². The Morgan fingerprint density at radius 1 is 1.32 bits per heavy atom. The van der Waals surface area contributed by atoms with Crippen molar-refractivity contribution in [2.45, 2.75) is 26.2 Å². The van der Waals surface area contributed by atoms with Crippen LogP contribution in [0, 0.1) is 17.6 Å². The molecule has 0 aliphatic carbocycles. The van der Waals surface area contributed by atoms with E-state index in [1.165, 1.54) is 25.0 Å². The highest BCUT2D eigenvalue weighted by atomic mass is 127. The zero-order chi connectivity index (χ0) is 15.2. The van der Waals surface area contributed by atoms with E-state index in [2.05, 4.69) is 22.1 Å². The van der Waals surface area contributed by atoms with E-state index in [9.17, 15) is 8.78 Å². The third-order valence-corrected chi connectivity index (χ3v) is 3.98. The van der Waals surface area contributed by atoms with E-state index in [4.69, 9.17) is 0 Å². The molecule has 0 saturated carbocycles. The molecule has 1 aliphatic heterocycles. The van der Waals surface area contributed by atoms with Crippen molar-refractivity contribution < 1.29 is 8.78 Å². The lowest BCUT2D eigenvalue weighted by Gasteiger charge is -2.32. The van der Waals surface area contributed by atoms with Gasteiger partial charge in [0.05, 0.1) is 0 Å². The van der Waals surface area contributed by atoms with E-state index >= 15 is 0 Å². The molecular formula is C16H24F2IN3. The molecule has 0 spiro atoms. The van der Waals surface area contributed by atoms with Crippen LogP contribution >= 0.6 is 24.0 Å². The first-order valence-corrected chi connectivity index (χ1v) is 7.49. The molecule has 0 amide bonds. The van der Waals surface area contributed by atoms with E-state index in [1.807, 2.05) is 0 Å². The number of hydrogen-bond donors (Lipinski definition) is 1. The normalized spacial score (nSPS) is 16.4. The summed E-state index contributed by atoms with van der Waals surface area (Å²) in [5.41, 5.74) is 0.394. The van der Waals surface area contributed by atoms with Crippen LogP contribution < -0.4 is 5.32 Å². The zero-order valence-corrected chi connectivity index (χ0v) is 15.4. The predicted octanol–water partition coefficient (Wildman–Crippen LogP) is 3.43. The molecule has 1 fully saturated rings. The molecule has 1 saturated heterocycles. The van der Waals surface area contributed by atoms with Crippen LogP contribution in [-0.2, 0) is 6.42 Å². The standard InChI is InChI=1S/C16H23F2N3.HI/c1-12-6-9-21(10-7-12)16(19-2)20-8-5-13-11-14(17)3-4-15(13)18;/h3-4,11-12H,5-10H2,1-2H3,(H,19,20);1H. The van der Waals surface area contributed by atoms with Crippen LogP contribution in [0.2, 0.25) is 0 Å². The van der Waals surface area contributed by atoms with Gasteiger partial charge in [-0.05, 0) is 48.9 Å². The molecule has 0 aromatic heterocycles. The van der Waals surface area contributed by atoms with Crippen LogP contribution in [0.5, 0.6) is 0 Å². The van der Waals surface area contributed by atoms with Crippen molar-refractivity contribution in [3.63, 3.8) is 0 Å². The average Bonchev–Trinajstić information content (AvgIpc) is 2.48. The minimum Gasteiger partial charge on any atom is -0.356 e. The molecule has 1 aromatic rings. The van der Waals surface area contributed by atoms with Gasteiger partial charge in [-0.15, -0.1) is 24.0 Å². The lowest BCUT2D eigenvalue weighted by atomic mass is 9.99. The molecule has 3 nitrogen and oxygen atoms in total. The first-order valence-electron chi connectivity index (χ1n) is 7.49. The lowest BCUT2D eigenvalue weighted by Crippen LogP contribution is -2.45. The van der Waals surface area contributed by atoms with Gasteiger partial charge in [0.25, 0.3) is 0 Å². The summed E-state index contributed by atoms with van der Waals surface area (Å²) in [6, 6.07) is 3.56. The van der Waals surface area contributed by atoms with Crippen LogP contribution in [0.15, 0.2) is 23.2 Å². The zero-order valence-electron chi connectivity index (χ0n) is 13.1. The third kappa shape index (κ3) is 5.37. The quantitative estimate of drug-likeness (QED) is 0.459. The van der Waals surface area contributed by atoms with Crippen molar-refractivity contribution >= 4 is 29.9 Å². The maximum absolute atomic E-state index is 13.5. The fourth-order valence-electron chi connectivity index (χ4n) is 2.60. The topological polar surface area (TPSA) is 27.6 Å². The second-order valence-corrected chi connectivity index (χ2v) is 5.63. The summed E-state index contributed by atoms with van der Waals surface area (Å²) in [6.45, 7) is 4.80. The number of benzene rings is 1. The largest absolute Gasteiger partial charge is 0.356 e. The first kappa shape index (κ1) is 19.1. The van der Waals surface area contributed by atoms with Crippen LogP contribution in [0.3, 0.4) is 0 Å². The number of hydrogen-bond acceptors (Lipinski definition) is 1. The van der Waals surface area contributed by atoms with Crippen molar-refractivity contribution in [1.29, 1.82) is 0 Å². The van der Waals surface area contributed by atoms with Crippen molar-refractivity contribution in [2.75, 3.05) is 26.7 Å². The number of piperidine rings is 1. The molecule has 1 aliphatic rings. The van der Waals surface area contributed by atoms with Crippen LogP contribution in [0.1, 0.15) is 25.3 Å². The van der Waals surface area contributed by atoms with Gasteiger partial charge in [-0.3, -0.25) is 4.99 Å². The van der Waals surface area contributed by atoms with Gasteiger partial charge in [0.15, 0.2) is 5.96 Å². The number of nitrogens with zero attached hydrogens (tertiary/aromatic N) is 2. The molecule has 1 heterocycles. The van der Waals surface area contributed by atoms with Gasteiger partial charge >= 0.3 is 0 Å². The summed E-state index contributed by atoms with van der Waals surface area (Å²) >= 11 is 0. The van der Waals surface area contributed by atoms with Crippen molar-refractivity contribution in [2.24, 2.45) is 10.9 Å². The number of rotatable bonds is 3. The van der Waals surface area contributed by atoms with Gasteiger partial charge in [-0.2, -0.15) is 0 Å². The Kier molecular flexibility index (Phi) is 8.06. The van der Waals surface area contributed by atoms with Gasteiger partial charge in [-0.25, -0.2) is 8.78 Å². The van der Waals surface area contributed by atoms with E-state index in [-0.39, 0.29) is 29.8 Å². The highest BCUT2D eigenvalue weighted by molar-refractivity contribution is 14.0. The van der Waals surface area contributed by atoms with Gasteiger partial charge in [-0.1, -0.05) is 6.92 Å². The van der Waals surface area contributed by atoms with Crippen molar-refractivity contribution in [3.05, 3.63) is 35.4 Å². The Bertz CT molecular complexity index is 500. The summed E-state index contributed by atoms with van der Waals surface area (Å²) in [5, 5.41) is 3.24. The number of halogens is 3. The van der Waals surface area contributed by atoms with E-state index in [0.29, 0.717) is 18.5 Å². The number of likely N-dealkylation sites (tertiary alicyclic amines) is 1. The molecule has 1 N–H and O–H groups in total. The van der Waals surface area contributed by atoms with Gasteiger partial charge in [0.1, 0.15) is 11.6 Å². The molecule has 2 rings (SSSR count). The van der Waals surface area contributed by atoms with E-state index in [1.54, 1.807) is 7.05 Å². The Balaban J connectivity index is 0.00000242. The number of guanidine groups is 1. The van der Waals surface area contributed by atoms with Crippen LogP contribution in [0.25, 0.3) is 0 Å². The molecule has 124 valence electrons. The van der Waals surface area contributed by atoms with Crippen molar-refractivity contribution in [3.8, 4) is 0 Å². The second-order valence-electron chi connectivity index (χ2n) is 5.63. The Morgan fingerprint density at radius 3 is 2.64 bits per heavy atom. The molecule has 0 atom stereocenters. The molecular weight excluding hydrogens is 399 g/mol. The summed E-state index contributed by atoms with van der Waals surface area (Å²) in [4.78, 5) is 6.50. The minimum absolute atomic E-state index is 0. The fraction of sp³-hybridized carbons (Fsp3) is 0.562. The highest BCUT2D eigenvalue weighted by Gasteiger charge is 2.18.